The van der Waals surface area contributed by atoms with Gasteiger partial charge in [-0.2, -0.15) is 0 Å². The summed E-state index contributed by atoms with van der Waals surface area (Å²) in [4.78, 5) is 0. The van der Waals surface area contributed by atoms with Crippen molar-refractivity contribution < 1.29 is 9.47 Å². The van der Waals surface area contributed by atoms with E-state index < -0.39 is 0 Å². The highest BCUT2D eigenvalue weighted by atomic mass is 16.5. The largest absolute Gasteiger partial charge is 0.497 e. The van der Waals surface area contributed by atoms with Crippen LogP contribution in [-0.4, -0.2) is 13.7 Å². The van der Waals surface area contributed by atoms with Gasteiger partial charge in [0.2, 0.25) is 0 Å². The molecule has 0 atom stereocenters. The molecule has 16 heavy (non-hydrogen) atoms. The number of rotatable bonds is 2. The minimum absolute atomic E-state index is 0.137. The molecule has 0 radical (unpaired) electrons. The summed E-state index contributed by atoms with van der Waals surface area (Å²) in [6, 6.07) is 8.01. The quantitative estimate of drug-likeness (QED) is 0.756. The van der Waals surface area contributed by atoms with E-state index in [9.17, 15) is 0 Å². The third kappa shape index (κ3) is 1.80. The Morgan fingerprint density at radius 2 is 2.06 bits per heavy atom. The van der Waals surface area contributed by atoms with E-state index in [-0.39, 0.29) is 5.41 Å². The standard InChI is InChI=1S/C14H18O2/c1-10-13(16-9-14(10,2)3)11-6-5-7-12(8-11)15-4/h5-8H,9H2,1-4H3. The Kier molecular flexibility index (Phi) is 2.66. The first kappa shape index (κ1) is 11.1. The minimum Gasteiger partial charge on any atom is -0.497 e. The van der Waals surface area contributed by atoms with Gasteiger partial charge in [-0.15, -0.1) is 0 Å². The maximum absolute atomic E-state index is 5.79. The number of ether oxygens (including phenoxy) is 2. The van der Waals surface area contributed by atoms with Crippen LogP contribution in [0.3, 0.4) is 0 Å². The van der Waals surface area contributed by atoms with Gasteiger partial charge in [0.1, 0.15) is 11.5 Å². The molecule has 1 aliphatic rings. The molecule has 0 unspecified atom stereocenters. The van der Waals surface area contributed by atoms with Crippen molar-refractivity contribution in [3.05, 3.63) is 35.4 Å². The molecule has 0 spiro atoms. The molecule has 0 saturated heterocycles. The SMILES string of the molecule is COc1cccc(C2=C(C)C(C)(C)CO2)c1. The molecule has 1 heterocycles. The monoisotopic (exact) mass is 218 g/mol. The molecule has 2 nitrogen and oxygen atoms in total. The fourth-order valence-electron chi connectivity index (χ4n) is 1.84. The van der Waals surface area contributed by atoms with Crippen LogP contribution in [-0.2, 0) is 4.74 Å². The summed E-state index contributed by atoms with van der Waals surface area (Å²) in [6.45, 7) is 7.30. The first-order valence-corrected chi connectivity index (χ1v) is 5.53. The summed E-state index contributed by atoms with van der Waals surface area (Å²) in [7, 11) is 1.68. The van der Waals surface area contributed by atoms with E-state index in [1.807, 2.05) is 18.2 Å². The summed E-state index contributed by atoms with van der Waals surface area (Å²) in [5.41, 5.74) is 2.54. The summed E-state index contributed by atoms with van der Waals surface area (Å²) in [5.74, 6) is 1.87. The van der Waals surface area contributed by atoms with E-state index in [1.54, 1.807) is 7.11 Å². The topological polar surface area (TPSA) is 18.5 Å². The molecule has 1 aliphatic heterocycles. The minimum atomic E-state index is 0.137. The molecule has 0 aliphatic carbocycles. The first-order chi connectivity index (χ1) is 7.54. The van der Waals surface area contributed by atoms with E-state index in [1.165, 1.54) is 5.57 Å². The van der Waals surface area contributed by atoms with E-state index in [4.69, 9.17) is 9.47 Å². The maximum Gasteiger partial charge on any atom is 0.126 e. The zero-order valence-electron chi connectivity index (χ0n) is 10.3. The second-order valence-electron chi connectivity index (χ2n) is 4.86. The summed E-state index contributed by atoms with van der Waals surface area (Å²) < 4.78 is 11.0. The number of methoxy groups -OCH3 is 1. The van der Waals surface area contributed by atoms with Gasteiger partial charge >= 0.3 is 0 Å². The number of hydrogen-bond acceptors (Lipinski definition) is 2. The van der Waals surface area contributed by atoms with Crippen molar-refractivity contribution in [1.29, 1.82) is 0 Å². The maximum atomic E-state index is 5.79. The number of benzene rings is 1. The average molecular weight is 218 g/mol. The van der Waals surface area contributed by atoms with Crippen LogP contribution in [0, 0.1) is 5.41 Å². The van der Waals surface area contributed by atoms with Crippen molar-refractivity contribution in [3.8, 4) is 5.75 Å². The summed E-state index contributed by atoms with van der Waals surface area (Å²) in [5, 5.41) is 0. The lowest BCUT2D eigenvalue weighted by atomic mass is 9.86. The zero-order valence-corrected chi connectivity index (χ0v) is 10.3. The lowest BCUT2D eigenvalue weighted by molar-refractivity contribution is 0.223. The van der Waals surface area contributed by atoms with Gasteiger partial charge in [0.05, 0.1) is 13.7 Å². The Hall–Kier alpha value is -1.44. The van der Waals surface area contributed by atoms with E-state index in [2.05, 4.69) is 26.8 Å². The van der Waals surface area contributed by atoms with Gasteiger partial charge < -0.3 is 9.47 Å². The molecular formula is C14H18O2. The number of hydrogen-bond donors (Lipinski definition) is 0. The van der Waals surface area contributed by atoms with Crippen LogP contribution in [0.4, 0.5) is 0 Å². The Labute approximate surface area is 96.9 Å². The Bertz CT molecular complexity index is 430. The summed E-state index contributed by atoms with van der Waals surface area (Å²) >= 11 is 0. The molecule has 2 heteroatoms. The predicted octanol–water partition coefficient (Wildman–Crippen LogP) is 3.48. The molecular weight excluding hydrogens is 200 g/mol. The van der Waals surface area contributed by atoms with Crippen molar-refractivity contribution >= 4 is 5.76 Å². The first-order valence-electron chi connectivity index (χ1n) is 5.53. The van der Waals surface area contributed by atoms with Crippen molar-refractivity contribution in [2.75, 3.05) is 13.7 Å². The van der Waals surface area contributed by atoms with Crippen LogP contribution in [0.25, 0.3) is 5.76 Å². The molecule has 0 saturated carbocycles. The van der Waals surface area contributed by atoms with Gasteiger partial charge in [-0.1, -0.05) is 26.0 Å². The highest BCUT2D eigenvalue weighted by molar-refractivity contribution is 5.66. The van der Waals surface area contributed by atoms with Crippen LogP contribution in [0.1, 0.15) is 26.3 Å². The van der Waals surface area contributed by atoms with Crippen LogP contribution >= 0.6 is 0 Å². The van der Waals surface area contributed by atoms with Crippen LogP contribution < -0.4 is 4.74 Å². The highest BCUT2D eigenvalue weighted by Crippen LogP contribution is 2.40. The molecule has 1 aromatic rings. The van der Waals surface area contributed by atoms with Gasteiger partial charge in [-0.25, -0.2) is 0 Å². The average Bonchev–Trinajstić information content (AvgIpc) is 2.55. The lowest BCUT2D eigenvalue weighted by Gasteiger charge is -2.15. The molecule has 0 amide bonds. The molecule has 0 N–H and O–H groups in total. The Morgan fingerprint density at radius 3 is 2.62 bits per heavy atom. The smallest absolute Gasteiger partial charge is 0.126 e. The lowest BCUT2D eigenvalue weighted by Crippen LogP contribution is -2.12. The van der Waals surface area contributed by atoms with Crippen molar-refractivity contribution in [1.82, 2.24) is 0 Å². The second-order valence-corrected chi connectivity index (χ2v) is 4.86. The molecule has 86 valence electrons. The van der Waals surface area contributed by atoms with E-state index in [0.717, 1.165) is 23.7 Å². The van der Waals surface area contributed by atoms with Gasteiger partial charge in [-0.3, -0.25) is 0 Å². The van der Waals surface area contributed by atoms with E-state index >= 15 is 0 Å². The fraction of sp³-hybridized carbons (Fsp3) is 0.429. The Balaban J connectivity index is 2.42. The van der Waals surface area contributed by atoms with Gasteiger partial charge in [0.25, 0.3) is 0 Å². The zero-order chi connectivity index (χ0) is 11.8. The van der Waals surface area contributed by atoms with Gasteiger partial charge in [-0.05, 0) is 24.6 Å². The third-order valence-corrected chi connectivity index (χ3v) is 3.27. The third-order valence-electron chi connectivity index (χ3n) is 3.27. The summed E-state index contributed by atoms with van der Waals surface area (Å²) in [6.07, 6.45) is 0. The van der Waals surface area contributed by atoms with Crippen LogP contribution in [0.2, 0.25) is 0 Å². The predicted molar refractivity (Wildman–Crippen MR) is 65.3 cm³/mol. The van der Waals surface area contributed by atoms with Crippen LogP contribution in [0.5, 0.6) is 5.75 Å². The highest BCUT2D eigenvalue weighted by Gasteiger charge is 2.31. The van der Waals surface area contributed by atoms with Crippen molar-refractivity contribution in [2.24, 2.45) is 5.41 Å². The van der Waals surface area contributed by atoms with Gasteiger partial charge in [0.15, 0.2) is 0 Å². The van der Waals surface area contributed by atoms with Crippen LogP contribution in [0.15, 0.2) is 29.8 Å². The van der Waals surface area contributed by atoms with Crippen molar-refractivity contribution in [2.45, 2.75) is 20.8 Å². The van der Waals surface area contributed by atoms with Gasteiger partial charge in [0, 0.05) is 11.0 Å². The molecule has 0 fully saturated rings. The van der Waals surface area contributed by atoms with Crippen molar-refractivity contribution in [3.63, 3.8) is 0 Å². The molecule has 1 aromatic carbocycles. The fourth-order valence-corrected chi connectivity index (χ4v) is 1.84. The normalized spacial score (nSPS) is 18.5. The molecule has 2 rings (SSSR count). The Morgan fingerprint density at radius 1 is 1.31 bits per heavy atom. The van der Waals surface area contributed by atoms with E-state index in [0.29, 0.717) is 0 Å². The second kappa shape index (κ2) is 3.85. The molecule has 0 bridgehead atoms. The molecule has 0 aromatic heterocycles.